The van der Waals surface area contributed by atoms with Gasteiger partial charge < -0.3 is 9.73 Å². The number of carbonyl (C=O) groups is 1. The number of carbonyl (C=O) groups excluding carboxylic acids is 1. The van der Waals surface area contributed by atoms with Crippen LogP contribution in [0.2, 0.25) is 0 Å². The van der Waals surface area contributed by atoms with Gasteiger partial charge >= 0.3 is 0 Å². The van der Waals surface area contributed by atoms with Gasteiger partial charge in [-0.25, -0.2) is 13.6 Å². The highest BCUT2D eigenvalue weighted by atomic mass is 32.2. The molecule has 1 saturated carbocycles. The highest BCUT2D eigenvalue weighted by Crippen LogP contribution is 2.35. The number of nitrogens with one attached hydrogen (secondary N) is 1. The van der Waals surface area contributed by atoms with Crippen molar-refractivity contribution < 1.29 is 17.6 Å². The van der Waals surface area contributed by atoms with Gasteiger partial charge in [0.2, 0.25) is 5.09 Å². The first-order chi connectivity index (χ1) is 9.20. The lowest BCUT2D eigenvalue weighted by atomic mass is 9.73. The molecule has 0 radical (unpaired) electrons. The summed E-state index contributed by atoms with van der Waals surface area (Å²) in [4.78, 5) is 12.1. The predicted molar refractivity (Wildman–Crippen MR) is 73.6 cm³/mol. The maximum Gasteiger partial charge on any atom is 0.271 e. The molecule has 6 nitrogen and oxygen atoms in total. The van der Waals surface area contributed by atoms with Crippen LogP contribution in [0.15, 0.2) is 21.8 Å². The van der Waals surface area contributed by atoms with E-state index < -0.39 is 15.1 Å². The molecule has 0 spiro atoms. The first-order valence-corrected chi connectivity index (χ1v) is 8.17. The third-order valence-corrected chi connectivity index (χ3v) is 4.71. The number of nitrogens with two attached hydrogens (primary N) is 1. The van der Waals surface area contributed by atoms with Gasteiger partial charge in [-0.05, 0) is 18.3 Å². The summed E-state index contributed by atoms with van der Waals surface area (Å²) in [5.74, 6) is -0.330. The molecule has 1 amide bonds. The molecule has 0 saturated heterocycles. The van der Waals surface area contributed by atoms with Crippen LogP contribution in [0, 0.1) is 5.41 Å². The largest absolute Gasteiger partial charge is 0.451 e. The molecule has 1 heterocycles. The number of amides is 1. The maximum atomic E-state index is 12.1. The summed E-state index contributed by atoms with van der Waals surface area (Å²) in [5.41, 5.74) is 0.218. The Bertz CT molecular complexity index is 604. The van der Waals surface area contributed by atoms with Gasteiger partial charge in [0.05, 0.1) is 5.56 Å². The lowest BCUT2D eigenvalue weighted by molar-refractivity contribution is 0.0853. The Morgan fingerprint density at radius 3 is 2.70 bits per heavy atom. The summed E-state index contributed by atoms with van der Waals surface area (Å²) in [6, 6.07) is 1.23. The van der Waals surface area contributed by atoms with E-state index >= 15 is 0 Å². The Balaban J connectivity index is 2.10. The molecule has 1 atom stereocenters. The predicted octanol–water partition coefficient (Wildman–Crippen LogP) is 1.63. The second kappa shape index (κ2) is 5.21. The van der Waals surface area contributed by atoms with Gasteiger partial charge in [-0.1, -0.05) is 26.7 Å². The molecule has 20 heavy (non-hydrogen) atoms. The fraction of sp³-hybridized carbons (Fsp3) is 0.615. The zero-order valence-electron chi connectivity index (χ0n) is 11.7. The normalized spacial score (nSPS) is 22.4. The summed E-state index contributed by atoms with van der Waals surface area (Å²) in [6.45, 7) is 4.25. The standard InChI is InChI=1S/C13H20N2O4S/c1-13(2)6-4-3-5-10(13)15-12(16)9-7-11(19-8-9)20(14,17)18/h7-8,10H,3-6H2,1-2H3,(H,15,16)(H2,14,17,18). The van der Waals surface area contributed by atoms with Crippen molar-refractivity contribution in [3.63, 3.8) is 0 Å². The van der Waals surface area contributed by atoms with Crippen molar-refractivity contribution in [2.24, 2.45) is 10.6 Å². The Kier molecular flexibility index (Phi) is 3.93. The molecule has 1 aromatic heterocycles. The average molecular weight is 300 g/mol. The summed E-state index contributed by atoms with van der Waals surface area (Å²) in [5, 5.41) is 7.50. The van der Waals surface area contributed by atoms with Crippen molar-refractivity contribution in [1.82, 2.24) is 5.32 Å². The third-order valence-electron chi connectivity index (χ3n) is 3.93. The number of hydrogen-bond acceptors (Lipinski definition) is 4. The molecule has 2 rings (SSSR count). The highest BCUT2D eigenvalue weighted by molar-refractivity contribution is 7.89. The Hall–Kier alpha value is -1.34. The van der Waals surface area contributed by atoms with E-state index in [0.717, 1.165) is 31.6 Å². The molecule has 7 heteroatoms. The number of primary sulfonamides is 1. The summed E-state index contributed by atoms with van der Waals surface area (Å²) >= 11 is 0. The number of sulfonamides is 1. The summed E-state index contributed by atoms with van der Waals surface area (Å²) < 4.78 is 27.0. The van der Waals surface area contributed by atoms with E-state index in [1.807, 2.05) is 0 Å². The molecular formula is C13H20N2O4S. The second-order valence-electron chi connectivity index (χ2n) is 5.96. The van der Waals surface area contributed by atoms with Crippen LogP contribution >= 0.6 is 0 Å². The van der Waals surface area contributed by atoms with Gasteiger partial charge in [-0.2, -0.15) is 0 Å². The quantitative estimate of drug-likeness (QED) is 0.885. The maximum absolute atomic E-state index is 12.1. The molecular weight excluding hydrogens is 280 g/mol. The molecule has 1 unspecified atom stereocenters. The fourth-order valence-electron chi connectivity index (χ4n) is 2.59. The van der Waals surface area contributed by atoms with E-state index in [1.54, 1.807) is 0 Å². The lowest BCUT2D eigenvalue weighted by Crippen LogP contribution is -2.46. The number of furan rings is 1. The molecule has 0 bridgehead atoms. The first-order valence-electron chi connectivity index (χ1n) is 6.62. The lowest BCUT2D eigenvalue weighted by Gasteiger charge is -2.38. The van der Waals surface area contributed by atoms with Crippen molar-refractivity contribution >= 4 is 15.9 Å². The summed E-state index contributed by atoms with van der Waals surface area (Å²) in [7, 11) is -3.92. The van der Waals surface area contributed by atoms with E-state index in [0.29, 0.717) is 0 Å². The van der Waals surface area contributed by atoms with Crippen molar-refractivity contribution in [2.45, 2.75) is 50.7 Å². The van der Waals surface area contributed by atoms with E-state index in [4.69, 9.17) is 9.56 Å². The van der Waals surface area contributed by atoms with Gasteiger partial charge in [0.15, 0.2) is 0 Å². The van der Waals surface area contributed by atoms with Crippen molar-refractivity contribution in [2.75, 3.05) is 0 Å². The molecule has 1 aromatic rings. The number of rotatable bonds is 3. The SMILES string of the molecule is CC1(C)CCCCC1NC(=O)c1coc(S(N)(=O)=O)c1. The monoisotopic (exact) mass is 300 g/mol. The van der Waals surface area contributed by atoms with Crippen LogP contribution in [0.4, 0.5) is 0 Å². The van der Waals surface area contributed by atoms with E-state index in [9.17, 15) is 13.2 Å². The average Bonchev–Trinajstić information content (AvgIpc) is 2.80. The van der Waals surface area contributed by atoms with Crippen LogP contribution in [0.3, 0.4) is 0 Å². The molecule has 0 aromatic carbocycles. The molecule has 1 fully saturated rings. The minimum atomic E-state index is -3.92. The molecule has 1 aliphatic carbocycles. The zero-order chi connectivity index (χ0) is 15.0. The zero-order valence-corrected chi connectivity index (χ0v) is 12.5. The van der Waals surface area contributed by atoms with E-state index in [1.165, 1.54) is 6.42 Å². The van der Waals surface area contributed by atoms with E-state index in [2.05, 4.69) is 19.2 Å². The summed E-state index contributed by atoms with van der Waals surface area (Å²) in [6.07, 6.45) is 5.36. The molecule has 0 aliphatic heterocycles. The van der Waals surface area contributed by atoms with Gasteiger partial charge in [-0.15, -0.1) is 0 Å². The Labute approximate surface area is 118 Å². The van der Waals surface area contributed by atoms with Crippen molar-refractivity contribution in [3.8, 4) is 0 Å². The van der Waals surface area contributed by atoms with Crippen LogP contribution in [0.1, 0.15) is 49.9 Å². The van der Waals surface area contributed by atoms with Gasteiger partial charge in [0, 0.05) is 12.1 Å². The number of hydrogen-bond donors (Lipinski definition) is 2. The minimum absolute atomic E-state index is 0.0421. The topological polar surface area (TPSA) is 102 Å². The Morgan fingerprint density at radius 2 is 2.15 bits per heavy atom. The van der Waals surface area contributed by atoms with Gasteiger partial charge in [-0.3, -0.25) is 4.79 Å². The minimum Gasteiger partial charge on any atom is -0.451 e. The Morgan fingerprint density at radius 1 is 1.45 bits per heavy atom. The molecule has 112 valence electrons. The second-order valence-corrected chi connectivity index (χ2v) is 7.45. The van der Waals surface area contributed by atoms with E-state index in [-0.39, 0.29) is 22.9 Å². The van der Waals surface area contributed by atoms with Crippen molar-refractivity contribution in [3.05, 3.63) is 17.9 Å². The molecule has 1 aliphatic rings. The van der Waals surface area contributed by atoms with Gasteiger partial charge in [0.25, 0.3) is 15.9 Å². The third kappa shape index (κ3) is 3.21. The van der Waals surface area contributed by atoms with Crippen LogP contribution in [0.5, 0.6) is 0 Å². The van der Waals surface area contributed by atoms with Crippen LogP contribution in [-0.4, -0.2) is 20.4 Å². The van der Waals surface area contributed by atoms with Crippen LogP contribution in [0.25, 0.3) is 0 Å². The fourth-order valence-corrected chi connectivity index (χ4v) is 3.06. The first kappa shape index (κ1) is 15.1. The van der Waals surface area contributed by atoms with Crippen molar-refractivity contribution in [1.29, 1.82) is 0 Å². The smallest absolute Gasteiger partial charge is 0.271 e. The molecule has 3 N–H and O–H groups in total. The highest BCUT2D eigenvalue weighted by Gasteiger charge is 2.33. The van der Waals surface area contributed by atoms with Gasteiger partial charge in [0.1, 0.15) is 6.26 Å². The van der Waals surface area contributed by atoms with Crippen LogP contribution in [-0.2, 0) is 10.0 Å². The van der Waals surface area contributed by atoms with Crippen LogP contribution < -0.4 is 10.5 Å².